The topological polar surface area (TPSA) is 67.9 Å². The van der Waals surface area contributed by atoms with Gasteiger partial charge in [-0.15, -0.1) is 0 Å². The second-order valence-electron chi connectivity index (χ2n) is 7.61. The predicted molar refractivity (Wildman–Crippen MR) is 117 cm³/mol. The molecule has 30 heavy (non-hydrogen) atoms. The Bertz CT molecular complexity index is 944. The number of imide groups is 1. The Morgan fingerprint density at radius 1 is 0.800 bits per heavy atom. The molecular formula is C24H28N2O4. The number of ether oxygens (including phenoxy) is 2. The summed E-state index contributed by atoms with van der Waals surface area (Å²) in [5.41, 5.74) is 2.01. The molecule has 3 rings (SSSR count). The highest BCUT2D eigenvalue weighted by atomic mass is 16.5. The second kappa shape index (κ2) is 9.03. The summed E-state index contributed by atoms with van der Waals surface area (Å²) in [5, 5.41) is 3.14. The molecule has 1 aliphatic rings. The summed E-state index contributed by atoms with van der Waals surface area (Å²) < 4.78 is 11.3. The fraction of sp³-hybridized carbons (Fsp3) is 0.333. The maximum absolute atomic E-state index is 12.9. The van der Waals surface area contributed by atoms with Crippen LogP contribution in [0.1, 0.15) is 40.2 Å². The van der Waals surface area contributed by atoms with Crippen molar-refractivity contribution in [3.05, 3.63) is 59.8 Å². The highest BCUT2D eigenvalue weighted by molar-refractivity contribution is 6.36. The van der Waals surface area contributed by atoms with Crippen LogP contribution in [0.4, 0.5) is 5.69 Å². The van der Waals surface area contributed by atoms with Gasteiger partial charge in [-0.25, -0.2) is 0 Å². The monoisotopic (exact) mass is 408 g/mol. The van der Waals surface area contributed by atoms with Crippen LogP contribution in [0.15, 0.2) is 54.2 Å². The van der Waals surface area contributed by atoms with Crippen molar-refractivity contribution in [2.45, 2.75) is 46.8 Å². The Kier molecular flexibility index (Phi) is 6.45. The maximum Gasteiger partial charge on any atom is 0.278 e. The number of hydrogen-bond acceptors (Lipinski definition) is 5. The van der Waals surface area contributed by atoms with Gasteiger partial charge in [-0.2, -0.15) is 0 Å². The molecule has 1 N–H and O–H groups in total. The molecule has 2 amide bonds. The number of nitrogens with one attached hydrogen (secondary N) is 1. The standard InChI is InChI=1S/C24H28N2O4/c1-6-26-23(27)21(17-7-11-19(12-8-17)29-15(2)3)22(24(26)28)25-18-9-13-20(14-10-18)30-16(4)5/h7-16,25H,6H2,1-5H3. The van der Waals surface area contributed by atoms with Crippen molar-refractivity contribution in [3.8, 4) is 11.5 Å². The molecule has 0 fully saturated rings. The van der Waals surface area contributed by atoms with Crippen LogP contribution >= 0.6 is 0 Å². The zero-order valence-electron chi connectivity index (χ0n) is 18.1. The van der Waals surface area contributed by atoms with E-state index in [1.807, 2.05) is 64.1 Å². The van der Waals surface area contributed by atoms with Crippen molar-refractivity contribution in [1.29, 1.82) is 0 Å². The Morgan fingerprint density at radius 2 is 1.30 bits per heavy atom. The fourth-order valence-electron chi connectivity index (χ4n) is 3.25. The number of rotatable bonds is 8. The first kappa shape index (κ1) is 21.4. The van der Waals surface area contributed by atoms with Crippen LogP contribution in [0.3, 0.4) is 0 Å². The van der Waals surface area contributed by atoms with Gasteiger partial charge in [-0.1, -0.05) is 12.1 Å². The highest BCUT2D eigenvalue weighted by Gasteiger charge is 2.38. The molecule has 1 aliphatic heterocycles. The van der Waals surface area contributed by atoms with Crippen LogP contribution in [0, 0.1) is 0 Å². The Balaban J connectivity index is 1.93. The molecule has 0 atom stereocenters. The summed E-state index contributed by atoms with van der Waals surface area (Å²) in [7, 11) is 0. The number of benzene rings is 2. The smallest absolute Gasteiger partial charge is 0.278 e. The lowest BCUT2D eigenvalue weighted by molar-refractivity contribution is -0.136. The van der Waals surface area contributed by atoms with Crippen molar-refractivity contribution in [2.75, 3.05) is 11.9 Å². The van der Waals surface area contributed by atoms with Gasteiger partial charge in [0.05, 0.1) is 17.8 Å². The highest BCUT2D eigenvalue weighted by Crippen LogP contribution is 2.31. The van der Waals surface area contributed by atoms with Gasteiger partial charge in [0.25, 0.3) is 11.8 Å². The lowest BCUT2D eigenvalue weighted by Gasteiger charge is -2.13. The van der Waals surface area contributed by atoms with E-state index >= 15 is 0 Å². The molecule has 0 radical (unpaired) electrons. The summed E-state index contributed by atoms with van der Waals surface area (Å²) in [6, 6.07) is 14.5. The molecule has 0 bridgehead atoms. The second-order valence-corrected chi connectivity index (χ2v) is 7.61. The van der Waals surface area contributed by atoms with E-state index in [2.05, 4.69) is 5.32 Å². The predicted octanol–water partition coefficient (Wildman–Crippen LogP) is 4.47. The van der Waals surface area contributed by atoms with E-state index in [4.69, 9.17) is 9.47 Å². The summed E-state index contributed by atoms with van der Waals surface area (Å²) in [6.45, 7) is 9.92. The van der Waals surface area contributed by atoms with E-state index in [1.54, 1.807) is 19.1 Å². The quantitative estimate of drug-likeness (QED) is 0.653. The van der Waals surface area contributed by atoms with Crippen LogP contribution in [0.2, 0.25) is 0 Å². The van der Waals surface area contributed by atoms with E-state index in [1.165, 1.54) is 4.90 Å². The van der Waals surface area contributed by atoms with Gasteiger partial charge in [0, 0.05) is 12.2 Å². The molecule has 0 aromatic heterocycles. The van der Waals surface area contributed by atoms with Crippen LogP contribution < -0.4 is 14.8 Å². The van der Waals surface area contributed by atoms with Crippen molar-refractivity contribution in [1.82, 2.24) is 4.90 Å². The van der Waals surface area contributed by atoms with E-state index in [9.17, 15) is 9.59 Å². The van der Waals surface area contributed by atoms with Gasteiger partial charge >= 0.3 is 0 Å². The normalized spacial score (nSPS) is 14.2. The van der Waals surface area contributed by atoms with Gasteiger partial charge in [-0.05, 0) is 76.6 Å². The summed E-state index contributed by atoms with van der Waals surface area (Å²) in [4.78, 5) is 27.1. The SMILES string of the molecule is CCN1C(=O)C(Nc2ccc(OC(C)C)cc2)=C(c2ccc(OC(C)C)cc2)C1=O. The molecule has 2 aromatic rings. The first-order chi connectivity index (χ1) is 14.3. The summed E-state index contributed by atoms with van der Waals surface area (Å²) in [5.74, 6) is 0.827. The first-order valence-electron chi connectivity index (χ1n) is 10.2. The molecule has 0 saturated carbocycles. The largest absolute Gasteiger partial charge is 0.491 e. The number of hydrogen-bond donors (Lipinski definition) is 1. The molecular weight excluding hydrogens is 380 g/mol. The Hall–Kier alpha value is -3.28. The maximum atomic E-state index is 12.9. The number of likely N-dealkylation sites (N-methyl/N-ethyl adjacent to an activating group) is 1. The van der Waals surface area contributed by atoms with E-state index in [-0.39, 0.29) is 29.7 Å². The summed E-state index contributed by atoms with van der Waals surface area (Å²) >= 11 is 0. The average Bonchev–Trinajstić information content (AvgIpc) is 2.92. The zero-order valence-corrected chi connectivity index (χ0v) is 18.1. The van der Waals surface area contributed by atoms with Crippen molar-refractivity contribution in [2.24, 2.45) is 0 Å². The fourth-order valence-corrected chi connectivity index (χ4v) is 3.25. The van der Waals surface area contributed by atoms with Crippen LogP contribution in [0.5, 0.6) is 11.5 Å². The van der Waals surface area contributed by atoms with Crippen LogP contribution in [0.25, 0.3) is 5.57 Å². The summed E-state index contributed by atoms with van der Waals surface area (Å²) in [6.07, 6.45) is 0.133. The lowest BCUT2D eigenvalue weighted by Crippen LogP contribution is -2.32. The number of nitrogens with zero attached hydrogens (tertiary/aromatic N) is 1. The van der Waals surface area contributed by atoms with E-state index in [0.717, 1.165) is 5.75 Å². The Morgan fingerprint density at radius 3 is 1.77 bits per heavy atom. The minimum atomic E-state index is -0.331. The zero-order chi connectivity index (χ0) is 21.8. The average molecular weight is 408 g/mol. The van der Waals surface area contributed by atoms with Crippen molar-refractivity contribution < 1.29 is 19.1 Å². The minimum absolute atomic E-state index is 0.0558. The number of carbonyl (C=O) groups excluding carboxylic acids is 2. The van der Waals surface area contributed by atoms with Crippen molar-refractivity contribution in [3.63, 3.8) is 0 Å². The number of carbonyl (C=O) groups is 2. The molecule has 0 aliphatic carbocycles. The molecule has 1 heterocycles. The third-order valence-corrected chi connectivity index (χ3v) is 4.49. The van der Waals surface area contributed by atoms with Gasteiger partial charge in [0.1, 0.15) is 17.2 Å². The van der Waals surface area contributed by atoms with Crippen LogP contribution in [-0.2, 0) is 9.59 Å². The molecule has 0 saturated heterocycles. The third-order valence-electron chi connectivity index (χ3n) is 4.49. The van der Waals surface area contributed by atoms with Crippen LogP contribution in [-0.4, -0.2) is 35.5 Å². The Labute approximate surface area is 177 Å². The number of anilines is 1. The van der Waals surface area contributed by atoms with Gasteiger partial charge < -0.3 is 14.8 Å². The molecule has 158 valence electrons. The van der Waals surface area contributed by atoms with E-state index in [0.29, 0.717) is 29.1 Å². The van der Waals surface area contributed by atoms with E-state index < -0.39 is 0 Å². The molecule has 6 nitrogen and oxygen atoms in total. The van der Waals surface area contributed by atoms with Crippen molar-refractivity contribution >= 4 is 23.1 Å². The molecule has 0 spiro atoms. The lowest BCUT2D eigenvalue weighted by atomic mass is 10.0. The van der Waals surface area contributed by atoms with Gasteiger partial charge in [0.15, 0.2) is 0 Å². The van der Waals surface area contributed by atoms with Gasteiger partial charge in [-0.3, -0.25) is 14.5 Å². The molecule has 6 heteroatoms. The molecule has 2 aromatic carbocycles. The molecule has 0 unspecified atom stereocenters. The first-order valence-corrected chi connectivity index (χ1v) is 10.2. The minimum Gasteiger partial charge on any atom is -0.491 e. The number of amides is 2. The third kappa shape index (κ3) is 4.64. The van der Waals surface area contributed by atoms with Gasteiger partial charge in [0.2, 0.25) is 0 Å².